The number of alkyl halides is 3. The van der Waals surface area contributed by atoms with Crippen LogP contribution in [0.15, 0.2) is 24.8 Å². The van der Waals surface area contributed by atoms with Crippen molar-refractivity contribution in [1.82, 2.24) is 4.90 Å². The first-order valence-corrected chi connectivity index (χ1v) is 6.96. The van der Waals surface area contributed by atoms with E-state index in [1.807, 2.05) is 0 Å². The van der Waals surface area contributed by atoms with Crippen LogP contribution >= 0.6 is 0 Å². The number of carbonyl (C=O) groups excluding carboxylic acids is 1. The predicted octanol–water partition coefficient (Wildman–Crippen LogP) is 4.22. The minimum atomic E-state index is -4.53. The molecule has 0 N–H and O–H groups in total. The van der Waals surface area contributed by atoms with Crippen molar-refractivity contribution in [3.63, 3.8) is 0 Å². The van der Waals surface area contributed by atoms with E-state index in [0.29, 0.717) is 24.6 Å². The minimum absolute atomic E-state index is 0.283. The third-order valence-corrected chi connectivity index (χ3v) is 3.89. The number of benzene rings is 1. The predicted molar refractivity (Wildman–Crippen MR) is 75.8 cm³/mol. The first-order chi connectivity index (χ1) is 9.82. The second-order valence-corrected chi connectivity index (χ2v) is 5.48. The van der Waals surface area contributed by atoms with E-state index in [9.17, 15) is 18.0 Å². The van der Waals surface area contributed by atoms with Crippen molar-refractivity contribution in [1.29, 1.82) is 0 Å². The van der Waals surface area contributed by atoms with Crippen LogP contribution in [0.2, 0.25) is 0 Å². The molecule has 0 spiro atoms. The van der Waals surface area contributed by atoms with Crippen molar-refractivity contribution in [3.8, 4) is 0 Å². The lowest BCUT2D eigenvalue weighted by molar-refractivity contribution is -0.138. The number of rotatable bonds is 2. The first-order valence-electron chi connectivity index (χ1n) is 6.96. The van der Waals surface area contributed by atoms with Gasteiger partial charge in [0.15, 0.2) is 0 Å². The zero-order chi connectivity index (χ0) is 15.6. The lowest BCUT2D eigenvalue weighted by atomic mass is 9.97. The van der Waals surface area contributed by atoms with Crippen LogP contribution in [0.3, 0.4) is 0 Å². The summed E-state index contributed by atoms with van der Waals surface area (Å²) in [6.45, 7) is 6.64. The molecule has 1 aromatic carbocycles. The smallest absolute Gasteiger partial charge is 0.339 e. The lowest BCUT2D eigenvalue weighted by Gasteiger charge is -2.31. The van der Waals surface area contributed by atoms with Crippen LogP contribution in [0.4, 0.5) is 13.2 Å². The normalized spacial score (nSPS) is 16.9. The molecule has 1 saturated heterocycles. The number of halogens is 3. The Hall–Kier alpha value is -1.78. The molecule has 0 radical (unpaired) electrons. The van der Waals surface area contributed by atoms with Crippen molar-refractivity contribution in [2.75, 3.05) is 13.1 Å². The summed E-state index contributed by atoms with van der Waals surface area (Å²) in [5, 5.41) is 0. The van der Waals surface area contributed by atoms with Crippen LogP contribution < -0.4 is 0 Å². The molecule has 5 heteroatoms. The molecular weight excluding hydrogens is 279 g/mol. The quantitative estimate of drug-likeness (QED) is 0.800. The summed E-state index contributed by atoms with van der Waals surface area (Å²) in [5.74, 6) is -0.0337. The highest BCUT2D eigenvalue weighted by Crippen LogP contribution is 2.33. The van der Waals surface area contributed by atoms with E-state index in [2.05, 4.69) is 13.5 Å². The van der Waals surface area contributed by atoms with Gasteiger partial charge in [0.2, 0.25) is 0 Å². The number of hydrogen-bond donors (Lipinski definition) is 0. The Morgan fingerprint density at radius 1 is 1.33 bits per heavy atom. The number of amides is 1. The average molecular weight is 297 g/mol. The monoisotopic (exact) mass is 297 g/mol. The van der Waals surface area contributed by atoms with Gasteiger partial charge in [-0.2, -0.15) is 13.2 Å². The van der Waals surface area contributed by atoms with Gasteiger partial charge in [-0.1, -0.05) is 25.6 Å². The first kappa shape index (κ1) is 15.6. The summed E-state index contributed by atoms with van der Waals surface area (Å²) in [4.78, 5) is 13.9. The molecular formula is C16H18F3NO. The molecule has 1 aromatic rings. The Kier molecular flexibility index (Phi) is 4.40. The summed E-state index contributed by atoms with van der Waals surface area (Å²) < 4.78 is 39.2. The van der Waals surface area contributed by atoms with E-state index in [1.165, 1.54) is 23.1 Å². The van der Waals surface area contributed by atoms with E-state index < -0.39 is 17.6 Å². The fourth-order valence-corrected chi connectivity index (χ4v) is 2.49. The molecule has 0 aromatic heterocycles. The molecule has 1 aliphatic rings. The average Bonchev–Trinajstić information content (AvgIpc) is 2.45. The van der Waals surface area contributed by atoms with E-state index in [4.69, 9.17) is 0 Å². The Balaban J connectivity index is 2.36. The Labute approximate surface area is 122 Å². The maximum Gasteiger partial charge on any atom is 0.417 e. The van der Waals surface area contributed by atoms with Gasteiger partial charge in [-0.15, -0.1) is 0 Å². The van der Waals surface area contributed by atoms with Gasteiger partial charge in [-0.25, -0.2) is 0 Å². The van der Waals surface area contributed by atoms with Gasteiger partial charge >= 0.3 is 6.18 Å². The molecule has 1 amide bonds. The molecule has 1 aliphatic heterocycles. The van der Waals surface area contributed by atoms with Crippen LogP contribution in [0, 0.1) is 5.92 Å². The summed E-state index contributed by atoms with van der Waals surface area (Å²) in [5.41, 5.74) is -0.650. The van der Waals surface area contributed by atoms with Crippen LogP contribution in [-0.4, -0.2) is 23.9 Å². The van der Waals surface area contributed by atoms with Crippen LogP contribution in [0.5, 0.6) is 0 Å². The van der Waals surface area contributed by atoms with Gasteiger partial charge in [0, 0.05) is 13.1 Å². The zero-order valence-electron chi connectivity index (χ0n) is 11.9. The maximum atomic E-state index is 13.1. The van der Waals surface area contributed by atoms with Crippen molar-refractivity contribution in [2.24, 2.45) is 5.92 Å². The summed E-state index contributed by atoms with van der Waals surface area (Å²) >= 11 is 0. The largest absolute Gasteiger partial charge is 0.417 e. The number of hydrogen-bond acceptors (Lipinski definition) is 1. The highest BCUT2D eigenvalue weighted by molar-refractivity contribution is 5.96. The minimum Gasteiger partial charge on any atom is -0.339 e. The highest BCUT2D eigenvalue weighted by atomic mass is 19.4. The Morgan fingerprint density at radius 2 is 1.95 bits per heavy atom. The Morgan fingerprint density at radius 3 is 2.48 bits per heavy atom. The summed E-state index contributed by atoms with van der Waals surface area (Å²) in [6, 6.07) is 3.55. The molecule has 0 atom stereocenters. The molecule has 21 heavy (non-hydrogen) atoms. The van der Waals surface area contributed by atoms with Crippen molar-refractivity contribution < 1.29 is 18.0 Å². The third kappa shape index (κ3) is 3.46. The van der Waals surface area contributed by atoms with Crippen molar-refractivity contribution in [3.05, 3.63) is 41.5 Å². The number of piperidine rings is 1. The SMILES string of the molecule is C=Cc1ccc(C(F)(F)F)c(C(=O)N2CCC(C)CC2)c1. The second-order valence-electron chi connectivity index (χ2n) is 5.48. The van der Waals surface area contributed by atoms with Gasteiger partial charge in [0.25, 0.3) is 5.91 Å². The topological polar surface area (TPSA) is 20.3 Å². The molecule has 0 bridgehead atoms. The molecule has 114 valence electrons. The molecule has 0 saturated carbocycles. The van der Waals surface area contributed by atoms with Gasteiger partial charge in [0.1, 0.15) is 0 Å². The molecule has 2 nitrogen and oxygen atoms in total. The highest BCUT2D eigenvalue weighted by Gasteiger charge is 2.36. The molecule has 2 rings (SSSR count). The van der Waals surface area contributed by atoms with E-state index in [0.717, 1.165) is 18.9 Å². The van der Waals surface area contributed by atoms with Crippen molar-refractivity contribution >= 4 is 12.0 Å². The summed E-state index contributed by atoms with van der Waals surface area (Å²) in [6.07, 6.45) is -1.44. The molecule has 1 heterocycles. The van der Waals surface area contributed by atoms with Gasteiger partial charge < -0.3 is 4.90 Å². The zero-order valence-corrected chi connectivity index (χ0v) is 11.9. The van der Waals surface area contributed by atoms with Crippen molar-refractivity contribution in [2.45, 2.75) is 25.9 Å². The van der Waals surface area contributed by atoms with Crippen LogP contribution in [0.1, 0.15) is 41.3 Å². The number of likely N-dealkylation sites (tertiary alicyclic amines) is 1. The molecule has 1 fully saturated rings. The molecule has 0 aliphatic carbocycles. The van der Waals surface area contributed by atoms with Gasteiger partial charge in [-0.3, -0.25) is 4.79 Å². The lowest BCUT2D eigenvalue weighted by Crippen LogP contribution is -2.38. The summed E-state index contributed by atoms with van der Waals surface area (Å²) in [7, 11) is 0. The Bertz CT molecular complexity index is 543. The second kappa shape index (κ2) is 5.92. The standard InChI is InChI=1S/C16H18F3NO/c1-3-12-4-5-14(16(17,18)19)13(10-12)15(21)20-8-6-11(2)7-9-20/h3-5,10-11H,1,6-9H2,2H3. The van der Waals surface area contributed by atoms with Crippen LogP contribution in [-0.2, 0) is 6.18 Å². The fraction of sp³-hybridized carbons (Fsp3) is 0.438. The third-order valence-electron chi connectivity index (χ3n) is 3.89. The fourth-order valence-electron chi connectivity index (χ4n) is 2.49. The van der Waals surface area contributed by atoms with E-state index >= 15 is 0 Å². The molecule has 0 unspecified atom stereocenters. The van der Waals surface area contributed by atoms with Gasteiger partial charge in [-0.05, 0) is 36.5 Å². The van der Waals surface area contributed by atoms with Crippen LogP contribution in [0.25, 0.3) is 6.08 Å². The number of carbonyl (C=O) groups is 1. The number of nitrogens with zero attached hydrogens (tertiary/aromatic N) is 1. The van der Waals surface area contributed by atoms with E-state index in [1.54, 1.807) is 0 Å². The van der Waals surface area contributed by atoms with E-state index in [-0.39, 0.29) is 5.56 Å². The van der Waals surface area contributed by atoms with Gasteiger partial charge in [0.05, 0.1) is 11.1 Å². The maximum absolute atomic E-state index is 13.1.